The summed E-state index contributed by atoms with van der Waals surface area (Å²) in [5.74, 6) is -2.49. The Morgan fingerprint density at radius 2 is 1.52 bits per heavy atom. The molecule has 140 valence electrons. The summed E-state index contributed by atoms with van der Waals surface area (Å²) in [5.41, 5.74) is 3.28. The Kier molecular flexibility index (Phi) is 5.31. The van der Waals surface area contributed by atoms with Crippen LogP contribution >= 0.6 is 24.2 Å². The van der Waals surface area contributed by atoms with E-state index in [-0.39, 0.29) is 5.56 Å². The number of primary sulfonamides is 1. The van der Waals surface area contributed by atoms with Crippen LogP contribution in [-0.2, 0) is 10.0 Å². The van der Waals surface area contributed by atoms with Crippen LogP contribution in [0.3, 0.4) is 0 Å². The fourth-order valence-electron chi connectivity index (χ4n) is 2.77. The van der Waals surface area contributed by atoms with Gasteiger partial charge in [-0.3, -0.25) is 0 Å². The van der Waals surface area contributed by atoms with Gasteiger partial charge in [0.1, 0.15) is 11.6 Å². The molecule has 3 nitrogen and oxygen atoms in total. The molecule has 0 bridgehead atoms. The van der Waals surface area contributed by atoms with Gasteiger partial charge in [-0.15, -0.1) is 12.6 Å². The van der Waals surface area contributed by atoms with E-state index in [4.69, 9.17) is 16.7 Å². The molecule has 27 heavy (non-hydrogen) atoms. The van der Waals surface area contributed by atoms with Crippen LogP contribution in [-0.4, -0.2) is 8.42 Å². The third-order valence-corrected chi connectivity index (χ3v) is 5.84. The first-order valence-electron chi connectivity index (χ1n) is 7.69. The largest absolute Gasteiger partial charge is 0.243 e. The van der Waals surface area contributed by atoms with E-state index in [9.17, 15) is 17.2 Å². The number of benzene rings is 3. The monoisotopic (exact) mass is 425 g/mol. The summed E-state index contributed by atoms with van der Waals surface area (Å²) in [6, 6.07) is 12.5. The van der Waals surface area contributed by atoms with E-state index in [0.29, 0.717) is 15.5 Å². The Morgan fingerprint density at radius 1 is 0.926 bits per heavy atom. The molecule has 0 saturated carbocycles. The van der Waals surface area contributed by atoms with Gasteiger partial charge in [0.15, 0.2) is 4.90 Å². The number of thiol groups is 1. The first-order valence-corrected chi connectivity index (χ1v) is 10.1. The number of sulfonamides is 1. The van der Waals surface area contributed by atoms with Crippen LogP contribution in [0.5, 0.6) is 0 Å². The average Bonchev–Trinajstić information content (AvgIpc) is 2.55. The van der Waals surface area contributed by atoms with Gasteiger partial charge in [0.2, 0.25) is 10.0 Å². The quantitative estimate of drug-likeness (QED) is 0.567. The first-order chi connectivity index (χ1) is 12.6. The summed E-state index contributed by atoms with van der Waals surface area (Å²) in [5, 5.41) is 5.50. The first kappa shape index (κ1) is 19.8. The van der Waals surface area contributed by atoms with Gasteiger partial charge < -0.3 is 0 Å². The Bertz CT molecular complexity index is 1140. The molecule has 0 saturated heterocycles. The van der Waals surface area contributed by atoms with Crippen LogP contribution in [0.4, 0.5) is 8.78 Å². The maximum atomic E-state index is 14.1. The van der Waals surface area contributed by atoms with Crippen molar-refractivity contribution in [2.24, 2.45) is 5.14 Å². The summed E-state index contributed by atoms with van der Waals surface area (Å²) in [6.07, 6.45) is 0. The van der Waals surface area contributed by atoms with E-state index < -0.39 is 26.6 Å². The summed E-state index contributed by atoms with van der Waals surface area (Å²) in [7, 11) is -4.50. The highest BCUT2D eigenvalue weighted by Crippen LogP contribution is 2.34. The van der Waals surface area contributed by atoms with Crippen LogP contribution in [0.2, 0.25) is 5.02 Å². The van der Waals surface area contributed by atoms with E-state index in [1.54, 1.807) is 24.3 Å². The zero-order chi connectivity index (χ0) is 19.9. The predicted octanol–water partition coefficient (Wildman–Crippen LogP) is 5.20. The molecule has 0 aliphatic rings. The molecule has 0 fully saturated rings. The van der Waals surface area contributed by atoms with E-state index in [1.807, 2.05) is 19.1 Å². The molecular formula is C19H14ClF2NO2S2. The van der Waals surface area contributed by atoms with Gasteiger partial charge >= 0.3 is 0 Å². The molecule has 0 heterocycles. The number of nitrogens with two attached hydrogens (primary N) is 1. The summed E-state index contributed by atoms with van der Waals surface area (Å²) in [6.45, 7) is 1.89. The molecule has 0 radical (unpaired) electrons. The number of rotatable bonds is 3. The molecule has 0 spiro atoms. The molecule has 0 unspecified atom stereocenters. The lowest BCUT2D eigenvalue weighted by atomic mass is 9.99. The minimum Gasteiger partial charge on any atom is -0.224 e. The third kappa shape index (κ3) is 4.01. The predicted molar refractivity (Wildman–Crippen MR) is 106 cm³/mol. The second-order valence-corrected chi connectivity index (χ2v) is 8.40. The van der Waals surface area contributed by atoms with Gasteiger partial charge in [-0.2, -0.15) is 0 Å². The second kappa shape index (κ2) is 7.24. The van der Waals surface area contributed by atoms with Crippen molar-refractivity contribution in [3.05, 3.63) is 70.8 Å². The third-order valence-electron chi connectivity index (χ3n) is 4.08. The van der Waals surface area contributed by atoms with E-state index in [2.05, 4.69) is 12.6 Å². The standard InChI is InChI=1S/C19H14ClF2NO2S2/c1-10-6-12(3-5-15(10)20)14-4-2-11(9-18(14)26)13-7-16(21)19(17(22)8-13)27(23,24)25/h2-9,26H,1H3,(H2,23,24,25). The van der Waals surface area contributed by atoms with Crippen LogP contribution < -0.4 is 5.14 Å². The zero-order valence-corrected chi connectivity index (χ0v) is 16.5. The van der Waals surface area contributed by atoms with Gasteiger partial charge in [-0.25, -0.2) is 22.3 Å². The van der Waals surface area contributed by atoms with Crippen molar-refractivity contribution >= 4 is 34.3 Å². The number of halogens is 3. The van der Waals surface area contributed by atoms with Crippen LogP contribution in [0, 0.1) is 18.6 Å². The SMILES string of the molecule is Cc1cc(-c2ccc(-c3cc(F)c(S(N)(=O)=O)c(F)c3)cc2S)ccc1Cl. The molecule has 2 N–H and O–H groups in total. The molecule has 0 aliphatic heterocycles. The van der Waals surface area contributed by atoms with E-state index in [0.717, 1.165) is 28.8 Å². The van der Waals surface area contributed by atoms with Gasteiger partial charge in [0, 0.05) is 9.92 Å². The number of aryl methyl sites for hydroxylation is 1. The fraction of sp³-hybridized carbons (Fsp3) is 0.0526. The Morgan fingerprint density at radius 3 is 2.04 bits per heavy atom. The fourth-order valence-corrected chi connectivity index (χ4v) is 3.89. The highest BCUT2D eigenvalue weighted by Gasteiger charge is 2.21. The van der Waals surface area contributed by atoms with Crippen molar-refractivity contribution < 1.29 is 17.2 Å². The Hall–Kier alpha value is -1.93. The molecule has 0 aromatic heterocycles. The summed E-state index contributed by atoms with van der Waals surface area (Å²) >= 11 is 10.5. The minimum atomic E-state index is -4.50. The second-order valence-electron chi connectivity index (χ2n) is 6.01. The topological polar surface area (TPSA) is 60.2 Å². The van der Waals surface area contributed by atoms with Crippen molar-refractivity contribution in [2.45, 2.75) is 16.7 Å². The van der Waals surface area contributed by atoms with Crippen LogP contribution in [0.1, 0.15) is 5.56 Å². The molecule has 8 heteroatoms. The van der Waals surface area contributed by atoms with Crippen molar-refractivity contribution in [2.75, 3.05) is 0 Å². The molecule has 0 amide bonds. The molecule has 3 aromatic rings. The van der Waals surface area contributed by atoms with Gasteiger partial charge in [0.05, 0.1) is 0 Å². The van der Waals surface area contributed by atoms with Crippen molar-refractivity contribution in [3.8, 4) is 22.3 Å². The lowest BCUT2D eigenvalue weighted by Gasteiger charge is -2.11. The van der Waals surface area contributed by atoms with Crippen LogP contribution in [0.15, 0.2) is 58.3 Å². The summed E-state index contributed by atoms with van der Waals surface area (Å²) < 4.78 is 50.8. The zero-order valence-electron chi connectivity index (χ0n) is 14.0. The normalized spacial score (nSPS) is 11.6. The Balaban J connectivity index is 2.07. The van der Waals surface area contributed by atoms with Crippen molar-refractivity contribution in [3.63, 3.8) is 0 Å². The molecular weight excluding hydrogens is 412 g/mol. The van der Waals surface area contributed by atoms with Gasteiger partial charge in [-0.05, 0) is 65.1 Å². The van der Waals surface area contributed by atoms with Crippen molar-refractivity contribution in [1.29, 1.82) is 0 Å². The molecule has 0 aliphatic carbocycles. The smallest absolute Gasteiger partial charge is 0.224 e. The maximum Gasteiger partial charge on any atom is 0.243 e. The molecule has 3 aromatic carbocycles. The molecule has 0 atom stereocenters. The Labute approximate surface area is 166 Å². The number of hydrogen-bond donors (Lipinski definition) is 2. The minimum absolute atomic E-state index is 0.173. The van der Waals surface area contributed by atoms with Crippen molar-refractivity contribution in [1.82, 2.24) is 0 Å². The average molecular weight is 426 g/mol. The van der Waals surface area contributed by atoms with Gasteiger partial charge in [-0.1, -0.05) is 29.8 Å². The lowest BCUT2D eigenvalue weighted by molar-refractivity contribution is 0.520. The maximum absolute atomic E-state index is 14.1. The highest BCUT2D eigenvalue weighted by molar-refractivity contribution is 7.89. The van der Waals surface area contributed by atoms with Gasteiger partial charge in [0.25, 0.3) is 0 Å². The number of hydrogen-bond acceptors (Lipinski definition) is 3. The molecule has 3 rings (SSSR count). The van der Waals surface area contributed by atoms with Crippen LogP contribution in [0.25, 0.3) is 22.3 Å². The highest BCUT2D eigenvalue weighted by atomic mass is 35.5. The van der Waals surface area contributed by atoms with E-state index >= 15 is 0 Å². The van der Waals surface area contributed by atoms with E-state index in [1.165, 1.54) is 0 Å². The lowest BCUT2D eigenvalue weighted by Crippen LogP contribution is -2.16. The summed E-state index contributed by atoms with van der Waals surface area (Å²) in [4.78, 5) is -0.559.